The van der Waals surface area contributed by atoms with Gasteiger partial charge in [-0.1, -0.05) is 13.8 Å². The topological polar surface area (TPSA) is 90.5 Å². The Morgan fingerprint density at radius 3 is 2.26 bits per heavy atom. The fraction of sp³-hybridized carbons (Fsp3) is 0.579. The number of H-pyrrole nitrogens is 1. The van der Waals surface area contributed by atoms with Crippen molar-refractivity contribution in [3.05, 3.63) is 32.7 Å². The van der Waals surface area contributed by atoms with Crippen LogP contribution in [0.15, 0.2) is 15.8 Å². The lowest BCUT2D eigenvalue weighted by atomic mass is 10.1. The first-order valence-electron chi connectivity index (χ1n) is 9.43. The van der Waals surface area contributed by atoms with E-state index in [0.717, 1.165) is 11.3 Å². The Bertz CT molecular complexity index is 1100. The molecule has 3 aromatic rings. The summed E-state index contributed by atoms with van der Waals surface area (Å²) in [4.78, 5) is 31.9. The van der Waals surface area contributed by atoms with Crippen LogP contribution >= 0.6 is 0 Å². The van der Waals surface area contributed by atoms with Crippen LogP contribution in [0.4, 0.5) is 0 Å². The number of aromatic nitrogens is 6. The fourth-order valence-electron chi connectivity index (χ4n) is 3.31. The van der Waals surface area contributed by atoms with E-state index in [1.807, 2.05) is 29.3 Å². The summed E-state index contributed by atoms with van der Waals surface area (Å²) >= 11 is 0. The van der Waals surface area contributed by atoms with Crippen molar-refractivity contribution in [1.82, 2.24) is 28.9 Å². The van der Waals surface area contributed by atoms with E-state index in [1.54, 1.807) is 0 Å². The molecule has 0 saturated heterocycles. The molecule has 27 heavy (non-hydrogen) atoms. The average molecular weight is 372 g/mol. The molecule has 0 fully saturated rings. The zero-order valence-corrected chi connectivity index (χ0v) is 17.1. The second-order valence-electron chi connectivity index (χ2n) is 8.05. The second-order valence-corrected chi connectivity index (χ2v) is 8.05. The van der Waals surface area contributed by atoms with Crippen molar-refractivity contribution in [2.45, 2.75) is 73.0 Å². The number of fused-ring (bicyclic) bond motifs is 1. The molecule has 0 aliphatic rings. The highest BCUT2D eigenvalue weighted by Gasteiger charge is 2.25. The molecule has 0 aromatic carbocycles. The molecule has 8 nitrogen and oxygen atoms in total. The number of imidazole rings is 1. The van der Waals surface area contributed by atoms with Gasteiger partial charge in [0.2, 0.25) is 0 Å². The largest absolute Gasteiger partial charge is 0.330 e. The van der Waals surface area contributed by atoms with Gasteiger partial charge in [-0.25, -0.2) is 9.78 Å². The lowest BCUT2D eigenvalue weighted by Crippen LogP contribution is -2.30. The molecular formula is C19H28N6O2. The van der Waals surface area contributed by atoms with E-state index in [9.17, 15) is 9.59 Å². The van der Waals surface area contributed by atoms with E-state index >= 15 is 0 Å². The number of aromatic amines is 1. The monoisotopic (exact) mass is 372 g/mol. The number of hydrogen-bond donors (Lipinski definition) is 1. The molecule has 3 aromatic heterocycles. The number of rotatable bonds is 4. The molecular weight excluding hydrogens is 344 g/mol. The van der Waals surface area contributed by atoms with Gasteiger partial charge in [-0.3, -0.25) is 19.0 Å². The highest BCUT2D eigenvalue weighted by Crippen LogP contribution is 2.31. The van der Waals surface area contributed by atoms with E-state index in [-0.39, 0.29) is 11.5 Å². The quantitative estimate of drug-likeness (QED) is 0.762. The molecule has 8 heteroatoms. The normalized spacial score (nSPS) is 12.4. The van der Waals surface area contributed by atoms with E-state index in [0.29, 0.717) is 30.1 Å². The van der Waals surface area contributed by atoms with Crippen molar-refractivity contribution in [2.24, 2.45) is 0 Å². The van der Waals surface area contributed by atoms with Crippen LogP contribution < -0.4 is 11.2 Å². The molecule has 0 radical (unpaired) electrons. The van der Waals surface area contributed by atoms with Gasteiger partial charge in [0.05, 0.1) is 16.8 Å². The Morgan fingerprint density at radius 2 is 1.74 bits per heavy atom. The summed E-state index contributed by atoms with van der Waals surface area (Å²) in [5.74, 6) is 0.866. The first-order chi connectivity index (χ1) is 12.6. The van der Waals surface area contributed by atoms with Gasteiger partial charge in [-0.2, -0.15) is 5.10 Å². The van der Waals surface area contributed by atoms with Crippen LogP contribution in [0.5, 0.6) is 0 Å². The maximum absolute atomic E-state index is 12.5. The third-order valence-electron chi connectivity index (χ3n) is 4.74. The van der Waals surface area contributed by atoms with E-state index in [1.165, 1.54) is 4.57 Å². The Labute approximate surface area is 157 Å². The summed E-state index contributed by atoms with van der Waals surface area (Å²) < 4.78 is 5.30. The van der Waals surface area contributed by atoms with Crippen LogP contribution in [-0.2, 0) is 18.6 Å². The molecule has 0 amide bonds. The summed E-state index contributed by atoms with van der Waals surface area (Å²) in [5, 5.41) is 4.79. The fourth-order valence-corrected chi connectivity index (χ4v) is 3.31. The van der Waals surface area contributed by atoms with Crippen molar-refractivity contribution in [3.8, 4) is 11.4 Å². The van der Waals surface area contributed by atoms with Crippen LogP contribution in [0.1, 0.15) is 60.1 Å². The minimum atomic E-state index is -0.434. The molecule has 0 aliphatic heterocycles. The molecule has 146 valence electrons. The minimum Gasteiger partial charge on any atom is -0.318 e. The highest BCUT2D eigenvalue weighted by atomic mass is 16.2. The molecule has 0 aliphatic carbocycles. The number of aryl methyl sites for hydroxylation is 2. The first kappa shape index (κ1) is 19.1. The lowest BCUT2D eigenvalue weighted by molar-refractivity contribution is 0.352. The number of hydrogen-bond acceptors (Lipinski definition) is 4. The maximum atomic E-state index is 12.5. The van der Waals surface area contributed by atoms with Gasteiger partial charge in [0.25, 0.3) is 5.56 Å². The Balaban J connectivity index is 2.42. The number of nitrogens with zero attached hydrogens (tertiary/aromatic N) is 5. The van der Waals surface area contributed by atoms with Crippen LogP contribution in [0.2, 0.25) is 0 Å². The third-order valence-corrected chi connectivity index (χ3v) is 4.74. The summed E-state index contributed by atoms with van der Waals surface area (Å²) in [6.45, 7) is 15.3. The summed E-state index contributed by atoms with van der Waals surface area (Å²) in [5.41, 5.74) is 1.65. The SMILES string of the molecule is CCn1c(-c2cn(C(C)(C)C)nc2C(C)C)nc2c1c(=O)[nH]c(=O)n2CC. The average Bonchev–Trinajstić information content (AvgIpc) is 3.16. The van der Waals surface area contributed by atoms with E-state index in [2.05, 4.69) is 39.6 Å². The van der Waals surface area contributed by atoms with Crippen molar-refractivity contribution in [3.63, 3.8) is 0 Å². The van der Waals surface area contributed by atoms with E-state index < -0.39 is 11.2 Å². The third kappa shape index (κ3) is 3.02. The maximum Gasteiger partial charge on any atom is 0.330 e. The van der Waals surface area contributed by atoms with Gasteiger partial charge in [0.15, 0.2) is 11.2 Å². The zero-order chi connectivity index (χ0) is 20.1. The van der Waals surface area contributed by atoms with Gasteiger partial charge in [0, 0.05) is 19.3 Å². The lowest BCUT2D eigenvalue weighted by Gasteiger charge is -2.19. The van der Waals surface area contributed by atoms with Crippen molar-refractivity contribution in [1.29, 1.82) is 0 Å². The Kier molecular flexibility index (Phi) is 4.61. The van der Waals surface area contributed by atoms with Gasteiger partial charge >= 0.3 is 5.69 Å². The van der Waals surface area contributed by atoms with Crippen molar-refractivity contribution >= 4 is 11.2 Å². The van der Waals surface area contributed by atoms with E-state index in [4.69, 9.17) is 10.1 Å². The summed E-state index contributed by atoms with van der Waals surface area (Å²) in [6, 6.07) is 0. The molecule has 0 atom stereocenters. The molecule has 3 heterocycles. The van der Waals surface area contributed by atoms with Crippen LogP contribution in [-0.4, -0.2) is 28.9 Å². The van der Waals surface area contributed by atoms with Gasteiger partial charge in [-0.05, 0) is 40.5 Å². The summed E-state index contributed by atoms with van der Waals surface area (Å²) in [6.07, 6.45) is 1.99. The predicted octanol–water partition coefficient (Wildman–Crippen LogP) is 2.67. The second kappa shape index (κ2) is 6.51. The van der Waals surface area contributed by atoms with Crippen LogP contribution in [0.25, 0.3) is 22.6 Å². The van der Waals surface area contributed by atoms with Crippen LogP contribution in [0.3, 0.4) is 0 Å². The van der Waals surface area contributed by atoms with Gasteiger partial charge in [-0.15, -0.1) is 0 Å². The predicted molar refractivity (Wildman–Crippen MR) is 106 cm³/mol. The summed E-state index contributed by atoms with van der Waals surface area (Å²) in [7, 11) is 0. The molecule has 3 rings (SSSR count). The van der Waals surface area contributed by atoms with Gasteiger partial charge in [0.1, 0.15) is 5.82 Å². The van der Waals surface area contributed by atoms with Crippen LogP contribution in [0, 0.1) is 0 Å². The highest BCUT2D eigenvalue weighted by molar-refractivity contribution is 5.77. The number of nitrogens with one attached hydrogen (secondary N) is 1. The molecule has 0 unspecified atom stereocenters. The molecule has 0 bridgehead atoms. The smallest absolute Gasteiger partial charge is 0.318 e. The molecule has 1 N–H and O–H groups in total. The minimum absolute atomic E-state index is 0.173. The standard InChI is InChI=1S/C19H28N6O2/c1-8-23-14-16(24(9-2)18(27)21-17(14)26)20-15(23)12-10-25(19(5,6)7)22-13(12)11(3)4/h10-11H,8-9H2,1-7H3,(H,21,26,27). The molecule has 0 saturated carbocycles. The zero-order valence-electron chi connectivity index (χ0n) is 17.1. The molecule has 0 spiro atoms. The Morgan fingerprint density at radius 1 is 1.11 bits per heavy atom. The first-order valence-corrected chi connectivity index (χ1v) is 9.43. The Hall–Kier alpha value is -2.64. The van der Waals surface area contributed by atoms with Crippen molar-refractivity contribution in [2.75, 3.05) is 0 Å². The van der Waals surface area contributed by atoms with Gasteiger partial charge < -0.3 is 4.57 Å². The van der Waals surface area contributed by atoms with Crippen molar-refractivity contribution < 1.29 is 0 Å².